The Labute approximate surface area is 128 Å². The van der Waals surface area contributed by atoms with Crippen molar-refractivity contribution < 1.29 is 9.90 Å². The molecule has 2 aromatic rings. The monoisotopic (exact) mass is 296 g/mol. The third-order valence-corrected chi connectivity index (χ3v) is 2.86. The second-order valence-electron chi connectivity index (χ2n) is 4.40. The predicted molar refractivity (Wildman–Crippen MR) is 86.1 cm³/mol. The molecule has 0 saturated heterocycles. The van der Waals surface area contributed by atoms with E-state index in [4.69, 9.17) is 10.8 Å². The number of carbonyl (C=O) groups is 1. The summed E-state index contributed by atoms with van der Waals surface area (Å²) in [6.07, 6.45) is 3.76. The second-order valence-corrected chi connectivity index (χ2v) is 4.40. The highest BCUT2D eigenvalue weighted by atomic mass is 16.4. The van der Waals surface area contributed by atoms with Crippen LogP contribution in [-0.4, -0.2) is 22.3 Å². The molecule has 112 valence electrons. The maximum atomic E-state index is 10.9. The van der Waals surface area contributed by atoms with E-state index in [2.05, 4.69) is 15.3 Å². The van der Waals surface area contributed by atoms with Gasteiger partial charge in [0.05, 0.1) is 11.3 Å². The molecule has 0 saturated carbocycles. The van der Waals surface area contributed by atoms with Crippen LogP contribution in [0.15, 0.2) is 65.4 Å². The molecule has 0 fully saturated rings. The fraction of sp³-hybridized carbons (Fsp3) is 0.0625. The first kappa shape index (κ1) is 15.2. The van der Waals surface area contributed by atoms with Crippen molar-refractivity contribution in [3.63, 3.8) is 0 Å². The Morgan fingerprint density at radius 2 is 2.05 bits per heavy atom. The quantitative estimate of drug-likeness (QED) is 0.561. The maximum absolute atomic E-state index is 10.9. The SMILES string of the molecule is N/C=C(\C=N\c1ncccc1NCc1ccccc1)C(=O)O. The van der Waals surface area contributed by atoms with Gasteiger partial charge in [-0.2, -0.15) is 0 Å². The Hall–Kier alpha value is -3.15. The number of nitrogens with one attached hydrogen (secondary N) is 1. The van der Waals surface area contributed by atoms with Crippen molar-refractivity contribution in [2.45, 2.75) is 6.54 Å². The van der Waals surface area contributed by atoms with E-state index in [0.717, 1.165) is 11.8 Å². The smallest absolute Gasteiger partial charge is 0.338 e. The standard InChI is InChI=1S/C16H16N4O2/c17-9-13(16(21)22)11-20-15-14(7-4-8-18-15)19-10-12-5-2-1-3-6-12/h1-9,11,19H,10,17H2,(H,21,22)/b13-9+,20-11+. The van der Waals surface area contributed by atoms with Crippen LogP contribution in [0.2, 0.25) is 0 Å². The highest BCUT2D eigenvalue weighted by Gasteiger charge is 2.05. The predicted octanol–water partition coefficient (Wildman–Crippen LogP) is 2.32. The molecule has 6 heteroatoms. The van der Waals surface area contributed by atoms with Gasteiger partial charge >= 0.3 is 5.97 Å². The minimum Gasteiger partial charge on any atom is -0.478 e. The van der Waals surface area contributed by atoms with E-state index in [-0.39, 0.29) is 5.57 Å². The van der Waals surface area contributed by atoms with E-state index in [1.54, 1.807) is 12.3 Å². The number of nitrogens with zero attached hydrogens (tertiary/aromatic N) is 2. The normalized spacial score (nSPS) is 11.5. The van der Waals surface area contributed by atoms with Crippen LogP contribution in [0.5, 0.6) is 0 Å². The van der Waals surface area contributed by atoms with Gasteiger partial charge in [-0.1, -0.05) is 30.3 Å². The Balaban J connectivity index is 2.13. The first-order chi connectivity index (χ1) is 10.7. The van der Waals surface area contributed by atoms with Crippen molar-refractivity contribution in [3.8, 4) is 0 Å². The van der Waals surface area contributed by atoms with Crippen molar-refractivity contribution in [1.29, 1.82) is 0 Å². The highest BCUT2D eigenvalue weighted by Crippen LogP contribution is 2.21. The molecule has 0 aliphatic carbocycles. The number of aromatic nitrogens is 1. The van der Waals surface area contributed by atoms with Gasteiger partial charge in [0.2, 0.25) is 0 Å². The lowest BCUT2D eigenvalue weighted by Gasteiger charge is -2.08. The van der Waals surface area contributed by atoms with Crippen LogP contribution in [0.3, 0.4) is 0 Å². The molecule has 1 aromatic carbocycles. The summed E-state index contributed by atoms with van der Waals surface area (Å²) in [5.41, 5.74) is 6.98. The summed E-state index contributed by atoms with van der Waals surface area (Å²) in [4.78, 5) is 19.1. The minimum atomic E-state index is -1.14. The number of benzene rings is 1. The first-order valence-electron chi connectivity index (χ1n) is 6.63. The van der Waals surface area contributed by atoms with E-state index in [1.807, 2.05) is 36.4 Å². The van der Waals surface area contributed by atoms with Gasteiger partial charge in [0.1, 0.15) is 0 Å². The summed E-state index contributed by atoms with van der Waals surface area (Å²) in [7, 11) is 0. The van der Waals surface area contributed by atoms with Crippen LogP contribution in [0.4, 0.5) is 11.5 Å². The number of nitrogens with two attached hydrogens (primary N) is 1. The van der Waals surface area contributed by atoms with Gasteiger partial charge < -0.3 is 16.2 Å². The van der Waals surface area contributed by atoms with Crippen LogP contribution in [0, 0.1) is 0 Å². The van der Waals surface area contributed by atoms with Crippen LogP contribution in [-0.2, 0) is 11.3 Å². The average Bonchev–Trinajstić information content (AvgIpc) is 2.55. The van der Waals surface area contributed by atoms with Crippen molar-refractivity contribution in [1.82, 2.24) is 4.98 Å². The van der Waals surface area contributed by atoms with E-state index in [0.29, 0.717) is 18.1 Å². The van der Waals surface area contributed by atoms with Gasteiger partial charge in [0.25, 0.3) is 0 Å². The molecule has 0 atom stereocenters. The average molecular weight is 296 g/mol. The third kappa shape index (κ3) is 4.17. The first-order valence-corrected chi connectivity index (χ1v) is 6.63. The number of rotatable bonds is 6. The molecule has 0 radical (unpaired) electrons. The third-order valence-electron chi connectivity index (χ3n) is 2.86. The largest absolute Gasteiger partial charge is 0.478 e. The molecule has 6 nitrogen and oxygen atoms in total. The molecule has 22 heavy (non-hydrogen) atoms. The van der Waals surface area contributed by atoms with Crippen LogP contribution in [0.25, 0.3) is 0 Å². The zero-order valence-electron chi connectivity index (χ0n) is 11.8. The van der Waals surface area contributed by atoms with Gasteiger partial charge in [-0.3, -0.25) is 0 Å². The number of aliphatic carboxylic acids is 1. The molecule has 4 N–H and O–H groups in total. The summed E-state index contributed by atoms with van der Waals surface area (Å²) >= 11 is 0. The number of hydrogen-bond acceptors (Lipinski definition) is 5. The molecule has 0 aliphatic rings. The number of pyridine rings is 1. The Morgan fingerprint density at radius 1 is 1.27 bits per heavy atom. The zero-order chi connectivity index (χ0) is 15.8. The van der Waals surface area contributed by atoms with Gasteiger partial charge in [-0.25, -0.2) is 14.8 Å². The van der Waals surface area contributed by atoms with Gasteiger partial charge in [-0.05, 0) is 17.7 Å². The minimum absolute atomic E-state index is 0.0975. The van der Waals surface area contributed by atoms with Gasteiger partial charge in [0.15, 0.2) is 5.82 Å². The summed E-state index contributed by atoms with van der Waals surface area (Å²) in [5.74, 6) is -0.736. The van der Waals surface area contributed by atoms with E-state index >= 15 is 0 Å². The Morgan fingerprint density at radius 3 is 2.73 bits per heavy atom. The fourth-order valence-electron chi connectivity index (χ4n) is 1.73. The molecular formula is C16H16N4O2. The Bertz CT molecular complexity index is 696. The number of carboxylic acids is 1. The summed E-state index contributed by atoms with van der Waals surface area (Å²) in [5, 5.41) is 12.1. The van der Waals surface area contributed by atoms with E-state index < -0.39 is 5.97 Å². The second kappa shape index (κ2) is 7.58. The molecule has 1 aromatic heterocycles. The summed E-state index contributed by atoms with van der Waals surface area (Å²) in [6.45, 7) is 0.619. The number of aliphatic imine (C=N–C) groups is 1. The van der Waals surface area contributed by atoms with Crippen molar-refractivity contribution >= 4 is 23.7 Å². The van der Waals surface area contributed by atoms with E-state index in [9.17, 15) is 4.79 Å². The van der Waals surface area contributed by atoms with Crippen molar-refractivity contribution in [2.75, 3.05) is 5.32 Å². The summed E-state index contributed by atoms with van der Waals surface area (Å²) in [6, 6.07) is 13.5. The van der Waals surface area contributed by atoms with Crippen molar-refractivity contribution in [3.05, 3.63) is 66.0 Å². The Kier molecular flexibility index (Phi) is 5.25. The molecule has 0 bridgehead atoms. The van der Waals surface area contributed by atoms with Crippen LogP contribution >= 0.6 is 0 Å². The topological polar surface area (TPSA) is 101 Å². The van der Waals surface area contributed by atoms with Crippen LogP contribution < -0.4 is 11.1 Å². The molecule has 0 aliphatic heterocycles. The fourth-order valence-corrected chi connectivity index (χ4v) is 1.73. The lowest BCUT2D eigenvalue weighted by Crippen LogP contribution is -2.04. The van der Waals surface area contributed by atoms with Gasteiger partial charge in [-0.15, -0.1) is 0 Å². The van der Waals surface area contributed by atoms with Gasteiger partial charge in [0, 0.05) is 25.2 Å². The zero-order valence-corrected chi connectivity index (χ0v) is 11.8. The number of carboxylic acid groups (broad SMARTS) is 1. The number of anilines is 1. The number of hydrogen-bond donors (Lipinski definition) is 3. The lowest BCUT2D eigenvalue weighted by molar-refractivity contribution is -0.132. The van der Waals surface area contributed by atoms with Crippen molar-refractivity contribution in [2.24, 2.45) is 10.7 Å². The molecule has 2 rings (SSSR count). The molecule has 0 unspecified atom stereocenters. The lowest BCUT2D eigenvalue weighted by atomic mass is 10.2. The maximum Gasteiger partial charge on any atom is 0.338 e. The highest BCUT2D eigenvalue weighted by molar-refractivity contribution is 6.09. The molecule has 0 amide bonds. The van der Waals surface area contributed by atoms with E-state index in [1.165, 1.54) is 6.21 Å². The van der Waals surface area contributed by atoms with Crippen LogP contribution in [0.1, 0.15) is 5.56 Å². The molecular weight excluding hydrogens is 280 g/mol. The molecule has 1 heterocycles. The molecule has 0 spiro atoms. The summed E-state index contributed by atoms with van der Waals surface area (Å²) < 4.78 is 0.